The lowest BCUT2D eigenvalue weighted by atomic mass is 9.99. The van der Waals surface area contributed by atoms with Gasteiger partial charge >= 0.3 is 0 Å². The van der Waals surface area contributed by atoms with Crippen LogP contribution in [0.3, 0.4) is 0 Å². The molecule has 104 valence electrons. The van der Waals surface area contributed by atoms with Gasteiger partial charge in [0, 0.05) is 11.6 Å². The maximum absolute atomic E-state index is 10.4. The molecule has 0 radical (unpaired) electrons. The van der Waals surface area contributed by atoms with Crippen LogP contribution < -0.4 is 10.1 Å². The van der Waals surface area contributed by atoms with E-state index in [0.29, 0.717) is 28.9 Å². The molecule has 0 saturated carbocycles. The highest BCUT2D eigenvalue weighted by Gasteiger charge is 2.29. The molecule has 0 fully saturated rings. The number of rotatable bonds is 2. The molecule has 1 aromatic carbocycles. The zero-order valence-electron chi connectivity index (χ0n) is 10.9. The summed E-state index contributed by atoms with van der Waals surface area (Å²) in [5.74, 6) is 1.23. The van der Waals surface area contributed by atoms with Gasteiger partial charge in [-0.15, -0.1) is 5.10 Å². The van der Waals surface area contributed by atoms with Crippen LogP contribution in [0.25, 0.3) is 0 Å². The summed E-state index contributed by atoms with van der Waals surface area (Å²) in [5, 5.41) is 22.0. The number of nitrogens with zero attached hydrogens (tertiary/aromatic N) is 2. The van der Waals surface area contributed by atoms with Crippen LogP contribution in [0.2, 0.25) is 5.02 Å². The van der Waals surface area contributed by atoms with Crippen molar-refractivity contribution in [2.45, 2.75) is 19.1 Å². The molecule has 0 unspecified atom stereocenters. The van der Waals surface area contributed by atoms with Gasteiger partial charge < -0.3 is 15.2 Å². The highest BCUT2D eigenvalue weighted by atomic mass is 35.5. The molecular weight excluding hydrogens is 278 g/mol. The molecule has 0 amide bonds. The van der Waals surface area contributed by atoms with Gasteiger partial charge in [-0.1, -0.05) is 29.8 Å². The smallest absolute Gasteiger partial charge is 0.150 e. The lowest BCUT2D eigenvalue weighted by Gasteiger charge is -2.31. The second-order valence-corrected chi connectivity index (χ2v) is 5.11. The molecule has 0 spiro atoms. The zero-order chi connectivity index (χ0) is 14.1. The summed E-state index contributed by atoms with van der Waals surface area (Å²) in [6.45, 7) is 2.14. The van der Waals surface area contributed by atoms with Gasteiger partial charge in [0.2, 0.25) is 0 Å². The summed E-state index contributed by atoms with van der Waals surface area (Å²) >= 11 is 6.01. The SMILES string of the molecule is Cc1nnc(N[C@@H]2COc3ccccc3[C@H]2O)cc1Cl. The first-order valence-corrected chi connectivity index (χ1v) is 6.69. The van der Waals surface area contributed by atoms with E-state index in [1.807, 2.05) is 24.3 Å². The van der Waals surface area contributed by atoms with E-state index < -0.39 is 6.10 Å². The monoisotopic (exact) mass is 291 g/mol. The van der Waals surface area contributed by atoms with Crippen molar-refractivity contribution in [1.29, 1.82) is 0 Å². The Bertz CT molecular complexity index is 636. The summed E-state index contributed by atoms with van der Waals surface area (Å²) in [4.78, 5) is 0. The molecule has 0 bridgehead atoms. The molecule has 5 nitrogen and oxygen atoms in total. The highest BCUT2D eigenvalue weighted by Crippen LogP contribution is 2.33. The number of halogens is 1. The normalized spacial score (nSPS) is 20.9. The topological polar surface area (TPSA) is 67.3 Å². The van der Waals surface area contributed by atoms with Crippen LogP contribution in [0.1, 0.15) is 17.4 Å². The van der Waals surface area contributed by atoms with Gasteiger partial charge in [-0.05, 0) is 13.0 Å². The molecule has 0 aliphatic carbocycles. The Balaban J connectivity index is 1.81. The predicted octanol–water partition coefficient (Wildman–Crippen LogP) is 2.34. The van der Waals surface area contributed by atoms with Gasteiger partial charge in [0.1, 0.15) is 18.5 Å². The minimum Gasteiger partial charge on any atom is -0.491 e. The van der Waals surface area contributed by atoms with Crippen molar-refractivity contribution in [3.8, 4) is 5.75 Å². The number of fused-ring (bicyclic) bond motifs is 1. The van der Waals surface area contributed by atoms with Crippen molar-refractivity contribution >= 4 is 17.4 Å². The maximum Gasteiger partial charge on any atom is 0.150 e. The fraction of sp³-hybridized carbons (Fsp3) is 0.286. The summed E-state index contributed by atoms with van der Waals surface area (Å²) in [5.41, 5.74) is 1.44. The van der Waals surface area contributed by atoms with E-state index in [9.17, 15) is 5.11 Å². The average molecular weight is 292 g/mol. The first-order chi connectivity index (χ1) is 9.65. The van der Waals surface area contributed by atoms with Crippen molar-refractivity contribution in [2.24, 2.45) is 0 Å². The van der Waals surface area contributed by atoms with Gasteiger partial charge in [0.25, 0.3) is 0 Å². The molecule has 6 heteroatoms. The van der Waals surface area contributed by atoms with E-state index in [1.54, 1.807) is 13.0 Å². The molecule has 2 heterocycles. The minimum atomic E-state index is -0.665. The summed E-state index contributed by atoms with van der Waals surface area (Å²) in [6.07, 6.45) is -0.665. The third-order valence-corrected chi connectivity index (χ3v) is 3.67. The Morgan fingerprint density at radius 3 is 2.95 bits per heavy atom. The average Bonchev–Trinajstić information content (AvgIpc) is 2.46. The number of nitrogens with one attached hydrogen (secondary N) is 1. The van der Waals surface area contributed by atoms with E-state index in [-0.39, 0.29) is 6.04 Å². The minimum absolute atomic E-state index is 0.294. The number of hydrogen-bond donors (Lipinski definition) is 2. The van der Waals surface area contributed by atoms with Crippen molar-refractivity contribution in [1.82, 2.24) is 10.2 Å². The summed E-state index contributed by atoms with van der Waals surface area (Å²) < 4.78 is 5.63. The third kappa shape index (κ3) is 2.42. The lowest BCUT2D eigenvalue weighted by Crippen LogP contribution is -2.37. The Morgan fingerprint density at radius 2 is 2.15 bits per heavy atom. The van der Waals surface area contributed by atoms with Crippen molar-refractivity contribution in [2.75, 3.05) is 11.9 Å². The quantitative estimate of drug-likeness (QED) is 0.889. The fourth-order valence-electron chi connectivity index (χ4n) is 2.15. The highest BCUT2D eigenvalue weighted by molar-refractivity contribution is 6.31. The summed E-state index contributed by atoms with van der Waals surface area (Å²) in [6, 6.07) is 8.84. The molecule has 1 aromatic heterocycles. The summed E-state index contributed by atoms with van der Waals surface area (Å²) in [7, 11) is 0. The van der Waals surface area contributed by atoms with Crippen LogP contribution in [-0.4, -0.2) is 28.0 Å². The predicted molar refractivity (Wildman–Crippen MR) is 76.1 cm³/mol. The molecule has 20 heavy (non-hydrogen) atoms. The van der Waals surface area contributed by atoms with Crippen LogP contribution in [0.5, 0.6) is 5.75 Å². The fourth-order valence-corrected chi connectivity index (χ4v) is 2.30. The van der Waals surface area contributed by atoms with Crippen molar-refractivity contribution in [3.05, 3.63) is 46.6 Å². The largest absolute Gasteiger partial charge is 0.491 e. The third-order valence-electron chi connectivity index (χ3n) is 3.29. The second-order valence-electron chi connectivity index (χ2n) is 4.71. The molecule has 0 saturated heterocycles. The van der Waals surface area contributed by atoms with Crippen LogP contribution in [0, 0.1) is 6.92 Å². The first-order valence-electron chi connectivity index (χ1n) is 6.31. The Hall–Kier alpha value is -1.85. The maximum atomic E-state index is 10.4. The van der Waals surface area contributed by atoms with Crippen molar-refractivity contribution < 1.29 is 9.84 Å². The molecule has 1 aliphatic heterocycles. The second kappa shape index (κ2) is 5.26. The van der Waals surface area contributed by atoms with Crippen LogP contribution in [0.4, 0.5) is 5.82 Å². The van der Waals surface area contributed by atoms with Gasteiger partial charge in [-0.25, -0.2) is 0 Å². The van der Waals surface area contributed by atoms with E-state index >= 15 is 0 Å². The number of aromatic nitrogens is 2. The van der Waals surface area contributed by atoms with Crippen molar-refractivity contribution in [3.63, 3.8) is 0 Å². The van der Waals surface area contributed by atoms with E-state index in [4.69, 9.17) is 16.3 Å². The van der Waals surface area contributed by atoms with Crippen LogP contribution in [0.15, 0.2) is 30.3 Å². The van der Waals surface area contributed by atoms with Gasteiger partial charge in [-0.3, -0.25) is 0 Å². The van der Waals surface area contributed by atoms with Gasteiger partial charge in [-0.2, -0.15) is 5.10 Å². The molecule has 2 N–H and O–H groups in total. The van der Waals surface area contributed by atoms with E-state index in [1.165, 1.54) is 0 Å². The zero-order valence-corrected chi connectivity index (χ0v) is 11.6. The standard InChI is InChI=1S/C14H14ClN3O2/c1-8-10(15)6-13(18-17-8)16-11-7-20-12-5-3-2-4-9(12)14(11)19/h2-6,11,14,19H,7H2,1H3,(H,16,18)/t11-,14-/m1/s1. The Kier molecular flexibility index (Phi) is 3.46. The number of ether oxygens (including phenoxy) is 1. The Labute approximate surface area is 121 Å². The lowest BCUT2D eigenvalue weighted by molar-refractivity contribution is 0.0999. The van der Waals surface area contributed by atoms with Crippen LogP contribution >= 0.6 is 11.6 Å². The number of hydrogen-bond acceptors (Lipinski definition) is 5. The van der Waals surface area contributed by atoms with E-state index in [0.717, 1.165) is 5.56 Å². The first kappa shape index (κ1) is 13.1. The van der Waals surface area contributed by atoms with E-state index in [2.05, 4.69) is 15.5 Å². The number of benzene rings is 1. The number of aliphatic hydroxyl groups excluding tert-OH is 1. The molecule has 3 rings (SSSR count). The Morgan fingerprint density at radius 1 is 1.35 bits per heavy atom. The van der Waals surface area contributed by atoms with Crippen LogP contribution in [-0.2, 0) is 0 Å². The molecule has 1 aliphatic rings. The molecule has 2 atom stereocenters. The number of para-hydroxylation sites is 1. The van der Waals surface area contributed by atoms with Gasteiger partial charge in [0.15, 0.2) is 5.82 Å². The molecule has 2 aromatic rings. The number of anilines is 1. The number of aryl methyl sites for hydroxylation is 1. The van der Waals surface area contributed by atoms with Gasteiger partial charge in [0.05, 0.1) is 16.8 Å². The number of aliphatic hydroxyl groups is 1. The molecular formula is C14H14ClN3O2.